The first-order valence-electron chi connectivity index (χ1n) is 19.9. The molecule has 0 amide bonds. The lowest BCUT2D eigenvalue weighted by Crippen LogP contribution is -2.48. The van der Waals surface area contributed by atoms with Crippen molar-refractivity contribution in [2.45, 2.75) is 227 Å². The Balaban J connectivity index is -0.0000101. The molecule has 0 heterocycles. The molecule has 0 aromatic carbocycles. The number of esters is 2. The second-order valence-corrected chi connectivity index (χ2v) is 14.8. The zero-order valence-electron chi connectivity index (χ0n) is 32.9. The molecule has 0 bridgehead atoms. The fourth-order valence-electron chi connectivity index (χ4n) is 5.54. The van der Waals surface area contributed by atoms with Gasteiger partial charge in [-0.2, -0.15) is 0 Å². The summed E-state index contributed by atoms with van der Waals surface area (Å²) in [7, 11) is 0. The van der Waals surface area contributed by atoms with Crippen LogP contribution < -0.4 is 6.15 Å². The number of hydrogen-bond donors (Lipinski definition) is 1. The molecule has 1 unspecified atom stereocenters. The summed E-state index contributed by atoms with van der Waals surface area (Å²) in [5.74, 6) is -1.81. The molecule has 0 saturated carbocycles. The molecule has 0 spiro atoms. The smallest absolute Gasteiger partial charge is 0.309 e. The molecule has 0 fully saturated rings. The summed E-state index contributed by atoms with van der Waals surface area (Å²) in [6.45, 7) is 12.1. The van der Waals surface area contributed by atoms with E-state index in [4.69, 9.17) is 9.47 Å². The molecule has 1 atom stereocenters. The van der Waals surface area contributed by atoms with Crippen molar-refractivity contribution in [2.75, 3.05) is 0 Å². The number of halogens is 1. The summed E-state index contributed by atoms with van der Waals surface area (Å²) in [4.78, 5) is 25.4. The molecule has 0 rings (SSSR count). The van der Waals surface area contributed by atoms with Gasteiger partial charge >= 0.3 is 11.9 Å². The Morgan fingerprint density at radius 1 is 0.438 bits per heavy atom. The maximum absolute atomic E-state index is 12.7. The zero-order valence-corrected chi connectivity index (χ0v) is 33.7. The average Bonchev–Trinajstić information content (AvgIpc) is 3.00. The Hall–Kier alpha value is -1.33. The van der Waals surface area contributed by atoms with Crippen molar-refractivity contribution in [1.82, 2.24) is 6.15 Å². The number of rotatable bonds is 32. The van der Waals surface area contributed by atoms with Gasteiger partial charge in [0.2, 0.25) is 0 Å². The first kappa shape index (κ1) is 51.0. The van der Waals surface area contributed by atoms with Gasteiger partial charge in [0.25, 0.3) is 5.79 Å². The molecule has 48 heavy (non-hydrogen) atoms. The minimum atomic E-state index is -1.26. The van der Waals surface area contributed by atoms with Crippen LogP contribution in [0, 0.1) is 5.41 Å². The predicted octanol–water partition coefficient (Wildman–Crippen LogP) is 14.5. The number of carbonyl (C=O) groups excluding carboxylic acids is 2. The summed E-state index contributed by atoms with van der Waals surface area (Å²) in [5.41, 5.74) is -0.510. The second kappa shape index (κ2) is 35.5. The zero-order chi connectivity index (χ0) is 34.2. The van der Waals surface area contributed by atoms with Gasteiger partial charge in [-0.3, -0.25) is 9.59 Å². The van der Waals surface area contributed by atoms with Crippen molar-refractivity contribution in [2.24, 2.45) is 5.41 Å². The fourth-order valence-corrected chi connectivity index (χ4v) is 5.54. The van der Waals surface area contributed by atoms with E-state index < -0.39 is 11.2 Å². The maximum atomic E-state index is 12.7. The average molecular weight is 701 g/mol. The minimum absolute atomic E-state index is 0. The SMILES string of the molecule is CCCCCCCCC=CCCCCCCCC(=O)OC(C)(OC(=O)CCCCCCC/C=C\CCCCCCCC)C(C)(C)C.Cl.N. The van der Waals surface area contributed by atoms with Gasteiger partial charge < -0.3 is 15.6 Å². The van der Waals surface area contributed by atoms with E-state index in [-0.39, 0.29) is 30.5 Å². The molecule has 0 radical (unpaired) electrons. The molecule has 0 aromatic heterocycles. The molecule has 5 nitrogen and oxygen atoms in total. The number of hydrogen-bond acceptors (Lipinski definition) is 5. The number of carbonyl (C=O) groups is 2. The third-order valence-corrected chi connectivity index (χ3v) is 9.26. The fraction of sp³-hybridized carbons (Fsp3) is 0.857. The van der Waals surface area contributed by atoms with Crippen molar-refractivity contribution in [1.29, 1.82) is 0 Å². The van der Waals surface area contributed by atoms with E-state index in [1.807, 2.05) is 20.8 Å². The first-order chi connectivity index (χ1) is 22.2. The van der Waals surface area contributed by atoms with Gasteiger partial charge in [-0.05, 0) is 64.2 Å². The van der Waals surface area contributed by atoms with Crippen LogP contribution in [0.4, 0.5) is 0 Å². The molecule has 0 saturated heterocycles. The lowest BCUT2D eigenvalue weighted by molar-refractivity contribution is -0.256. The van der Waals surface area contributed by atoms with Crippen molar-refractivity contribution in [3.05, 3.63) is 24.3 Å². The predicted molar refractivity (Wildman–Crippen MR) is 211 cm³/mol. The minimum Gasteiger partial charge on any atom is -0.422 e. The summed E-state index contributed by atoms with van der Waals surface area (Å²) >= 11 is 0. The van der Waals surface area contributed by atoms with Crippen LogP contribution in [0.1, 0.15) is 221 Å². The highest BCUT2D eigenvalue weighted by Crippen LogP contribution is 2.36. The van der Waals surface area contributed by atoms with Crippen LogP contribution in [0.5, 0.6) is 0 Å². The highest BCUT2D eigenvalue weighted by Gasteiger charge is 2.45. The van der Waals surface area contributed by atoms with E-state index >= 15 is 0 Å². The topological polar surface area (TPSA) is 87.6 Å². The van der Waals surface area contributed by atoms with Crippen molar-refractivity contribution in [3.8, 4) is 0 Å². The van der Waals surface area contributed by atoms with Gasteiger partial charge in [0.1, 0.15) is 0 Å². The molecule has 0 aliphatic rings. The van der Waals surface area contributed by atoms with Gasteiger partial charge in [0.15, 0.2) is 0 Å². The normalized spacial score (nSPS) is 12.9. The van der Waals surface area contributed by atoms with Gasteiger partial charge in [-0.1, -0.05) is 162 Å². The van der Waals surface area contributed by atoms with Gasteiger partial charge in [-0.15, -0.1) is 12.4 Å². The lowest BCUT2D eigenvalue weighted by atomic mass is 9.86. The van der Waals surface area contributed by atoms with E-state index in [1.54, 1.807) is 6.92 Å². The van der Waals surface area contributed by atoms with Crippen LogP contribution in [0.25, 0.3) is 0 Å². The van der Waals surface area contributed by atoms with E-state index in [0.29, 0.717) is 12.8 Å². The first-order valence-corrected chi connectivity index (χ1v) is 19.9. The third-order valence-electron chi connectivity index (χ3n) is 9.26. The maximum Gasteiger partial charge on any atom is 0.309 e. The van der Waals surface area contributed by atoms with Crippen molar-refractivity contribution < 1.29 is 19.1 Å². The Kier molecular flexibility index (Phi) is 37.7. The Morgan fingerprint density at radius 3 is 0.958 bits per heavy atom. The summed E-state index contributed by atoms with van der Waals surface area (Å²) in [6, 6.07) is 0. The van der Waals surface area contributed by atoms with Gasteiger partial charge in [0, 0.05) is 25.2 Å². The molecule has 0 aromatic rings. The van der Waals surface area contributed by atoms with E-state index in [0.717, 1.165) is 51.4 Å². The van der Waals surface area contributed by atoms with Crippen molar-refractivity contribution in [3.63, 3.8) is 0 Å². The molecule has 0 aliphatic carbocycles. The molecular formula is C42H82ClNO4. The van der Waals surface area contributed by atoms with Crippen LogP contribution in [0.15, 0.2) is 24.3 Å². The highest BCUT2D eigenvalue weighted by atomic mass is 35.5. The standard InChI is InChI=1S/C42H78O4.ClH.H3N/c1-7-9-11-13-15-17-19-21-23-25-27-29-31-33-35-37-39(43)45-42(6,41(3,4)5)46-40(44)38-36-34-32-30-28-26-24-22-20-18-16-14-12-10-8-2;;/h21-24H,7-20,25-38H2,1-6H3;1H;1H3/b23-21-,24-22?;;. The van der Waals surface area contributed by atoms with E-state index in [1.165, 1.54) is 116 Å². The summed E-state index contributed by atoms with van der Waals surface area (Å²) in [6.07, 6.45) is 42.0. The number of allylic oxidation sites excluding steroid dienone is 4. The summed E-state index contributed by atoms with van der Waals surface area (Å²) < 4.78 is 11.6. The molecule has 6 heteroatoms. The molecular weight excluding hydrogens is 618 g/mol. The van der Waals surface area contributed by atoms with Crippen LogP contribution >= 0.6 is 12.4 Å². The lowest BCUT2D eigenvalue weighted by Gasteiger charge is -2.39. The van der Waals surface area contributed by atoms with Crippen LogP contribution in [0.2, 0.25) is 0 Å². The van der Waals surface area contributed by atoms with E-state index in [2.05, 4.69) is 38.2 Å². The van der Waals surface area contributed by atoms with Crippen molar-refractivity contribution >= 4 is 24.3 Å². The largest absolute Gasteiger partial charge is 0.422 e. The van der Waals surface area contributed by atoms with Crippen LogP contribution in [-0.2, 0) is 19.1 Å². The third kappa shape index (κ3) is 31.9. The van der Waals surface area contributed by atoms with Crippen LogP contribution in [0.3, 0.4) is 0 Å². The van der Waals surface area contributed by atoms with Gasteiger partial charge in [0.05, 0.1) is 0 Å². The molecule has 3 N–H and O–H groups in total. The molecule has 0 aliphatic heterocycles. The Labute approximate surface area is 305 Å². The summed E-state index contributed by atoms with van der Waals surface area (Å²) in [5, 5.41) is 0. The molecule has 286 valence electrons. The Bertz CT molecular complexity index is 720. The monoisotopic (exact) mass is 700 g/mol. The van der Waals surface area contributed by atoms with E-state index in [9.17, 15) is 9.59 Å². The van der Waals surface area contributed by atoms with Crippen LogP contribution in [-0.4, -0.2) is 17.7 Å². The second-order valence-electron chi connectivity index (χ2n) is 14.8. The Morgan fingerprint density at radius 2 is 0.688 bits per heavy atom. The highest BCUT2D eigenvalue weighted by molar-refractivity contribution is 5.85. The van der Waals surface area contributed by atoms with Gasteiger partial charge in [-0.25, -0.2) is 0 Å². The number of ether oxygens (including phenoxy) is 2. The number of unbranched alkanes of at least 4 members (excludes halogenated alkanes) is 22. The quantitative estimate of drug-likeness (QED) is 0.0327.